The fourth-order valence-corrected chi connectivity index (χ4v) is 2.45. The van der Waals surface area contributed by atoms with Crippen LogP contribution in [0.25, 0.3) is 0 Å². The van der Waals surface area contributed by atoms with Crippen LogP contribution in [0.4, 0.5) is 0 Å². The Bertz CT molecular complexity index is 400. The van der Waals surface area contributed by atoms with Gasteiger partial charge in [0.25, 0.3) is 5.91 Å². The van der Waals surface area contributed by atoms with E-state index in [1.807, 2.05) is 17.9 Å². The molecule has 0 bridgehead atoms. The molecular formula is C13H17ClN2O. The quantitative estimate of drug-likeness (QED) is 0.758. The number of aryl methyl sites for hydroxylation is 1. The molecule has 1 aromatic heterocycles. The van der Waals surface area contributed by atoms with Gasteiger partial charge in [0.2, 0.25) is 0 Å². The van der Waals surface area contributed by atoms with Crippen molar-refractivity contribution in [2.24, 2.45) is 5.92 Å². The Morgan fingerprint density at radius 2 is 2.18 bits per heavy atom. The monoisotopic (exact) mass is 252 g/mol. The summed E-state index contributed by atoms with van der Waals surface area (Å²) < 4.78 is 0. The SMILES string of the molecule is Cc1cncc(C(=O)N2CCC(CCl)CC2)c1. The maximum atomic E-state index is 12.2. The highest BCUT2D eigenvalue weighted by molar-refractivity contribution is 6.18. The molecule has 3 nitrogen and oxygen atoms in total. The normalized spacial score (nSPS) is 17.2. The van der Waals surface area contributed by atoms with Gasteiger partial charge in [-0.1, -0.05) is 0 Å². The molecule has 1 aromatic rings. The number of pyridine rings is 1. The molecule has 0 radical (unpaired) electrons. The largest absolute Gasteiger partial charge is 0.339 e. The lowest BCUT2D eigenvalue weighted by molar-refractivity contribution is 0.0697. The molecule has 1 saturated heterocycles. The minimum atomic E-state index is 0.0919. The number of likely N-dealkylation sites (tertiary alicyclic amines) is 1. The van der Waals surface area contributed by atoms with Crippen molar-refractivity contribution in [1.29, 1.82) is 0 Å². The number of alkyl halides is 1. The molecule has 1 amide bonds. The summed E-state index contributed by atoms with van der Waals surface area (Å²) in [5.74, 6) is 1.36. The van der Waals surface area contributed by atoms with Crippen molar-refractivity contribution >= 4 is 17.5 Å². The number of hydrogen-bond donors (Lipinski definition) is 0. The number of rotatable bonds is 2. The van der Waals surface area contributed by atoms with Gasteiger partial charge >= 0.3 is 0 Å². The zero-order valence-corrected chi connectivity index (χ0v) is 10.8. The van der Waals surface area contributed by atoms with Crippen molar-refractivity contribution < 1.29 is 4.79 Å². The van der Waals surface area contributed by atoms with Crippen molar-refractivity contribution in [3.63, 3.8) is 0 Å². The number of hydrogen-bond acceptors (Lipinski definition) is 2. The van der Waals surface area contributed by atoms with Gasteiger partial charge in [0.1, 0.15) is 0 Å². The van der Waals surface area contributed by atoms with Crippen molar-refractivity contribution in [2.45, 2.75) is 19.8 Å². The molecule has 0 saturated carbocycles. The summed E-state index contributed by atoms with van der Waals surface area (Å²) in [5.41, 5.74) is 1.71. The number of amides is 1. The zero-order chi connectivity index (χ0) is 12.3. The predicted octanol–water partition coefficient (Wildman–Crippen LogP) is 2.48. The standard InChI is InChI=1S/C13H17ClN2O/c1-10-6-12(9-15-8-10)13(17)16-4-2-11(7-14)3-5-16/h6,8-9,11H,2-5,7H2,1H3. The van der Waals surface area contributed by atoms with E-state index in [-0.39, 0.29) is 5.91 Å². The van der Waals surface area contributed by atoms with E-state index >= 15 is 0 Å². The molecule has 0 unspecified atom stereocenters. The van der Waals surface area contributed by atoms with Crippen LogP contribution in [-0.4, -0.2) is 34.8 Å². The Balaban J connectivity index is 2.02. The van der Waals surface area contributed by atoms with Crippen LogP contribution in [0.3, 0.4) is 0 Å². The average molecular weight is 253 g/mol. The number of aromatic nitrogens is 1. The molecule has 0 N–H and O–H groups in total. The highest BCUT2D eigenvalue weighted by atomic mass is 35.5. The fourth-order valence-electron chi connectivity index (χ4n) is 2.14. The molecule has 0 atom stereocenters. The van der Waals surface area contributed by atoms with Crippen molar-refractivity contribution in [2.75, 3.05) is 19.0 Å². The van der Waals surface area contributed by atoms with Crippen LogP contribution in [-0.2, 0) is 0 Å². The third kappa shape index (κ3) is 2.97. The van der Waals surface area contributed by atoms with E-state index in [1.165, 1.54) is 0 Å². The average Bonchev–Trinajstić information content (AvgIpc) is 2.38. The van der Waals surface area contributed by atoms with E-state index in [0.29, 0.717) is 17.4 Å². The van der Waals surface area contributed by atoms with Gasteiger partial charge in [-0.2, -0.15) is 0 Å². The van der Waals surface area contributed by atoms with Crippen LogP contribution in [0.5, 0.6) is 0 Å². The molecule has 4 heteroatoms. The lowest BCUT2D eigenvalue weighted by Gasteiger charge is -2.31. The first-order valence-corrected chi connectivity index (χ1v) is 6.51. The van der Waals surface area contributed by atoms with Gasteiger partial charge in [-0.3, -0.25) is 9.78 Å². The van der Waals surface area contributed by atoms with Crippen molar-refractivity contribution in [3.05, 3.63) is 29.6 Å². The Morgan fingerprint density at radius 3 is 2.76 bits per heavy atom. The Hall–Kier alpha value is -1.09. The Labute approximate surface area is 107 Å². The topological polar surface area (TPSA) is 33.2 Å². The van der Waals surface area contributed by atoms with E-state index in [4.69, 9.17) is 11.6 Å². The molecule has 2 heterocycles. The molecule has 0 aromatic carbocycles. The zero-order valence-electron chi connectivity index (χ0n) is 10.0. The highest BCUT2D eigenvalue weighted by Crippen LogP contribution is 2.19. The number of nitrogens with zero attached hydrogens (tertiary/aromatic N) is 2. The third-order valence-electron chi connectivity index (χ3n) is 3.24. The summed E-state index contributed by atoms with van der Waals surface area (Å²) in [6.07, 6.45) is 5.42. The first-order valence-electron chi connectivity index (χ1n) is 5.97. The maximum absolute atomic E-state index is 12.2. The highest BCUT2D eigenvalue weighted by Gasteiger charge is 2.23. The number of halogens is 1. The van der Waals surface area contributed by atoms with Crippen molar-refractivity contribution in [1.82, 2.24) is 9.88 Å². The third-order valence-corrected chi connectivity index (χ3v) is 3.68. The first kappa shape index (κ1) is 12.4. The van der Waals surface area contributed by atoms with E-state index in [1.54, 1.807) is 12.4 Å². The van der Waals surface area contributed by atoms with E-state index in [0.717, 1.165) is 31.5 Å². The summed E-state index contributed by atoms with van der Waals surface area (Å²) >= 11 is 5.83. The second-order valence-corrected chi connectivity index (χ2v) is 4.95. The summed E-state index contributed by atoms with van der Waals surface area (Å²) in [6, 6.07) is 1.89. The molecule has 17 heavy (non-hydrogen) atoms. The second-order valence-electron chi connectivity index (χ2n) is 4.64. The molecule has 1 aliphatic heterocycles. The Kier molecular flexibility index (Phi) is 4.00. The van der Waals surface area contributed by atoms with Crippen LogP contribution in [0, 0.1) is 12.8 Å². The number of carbonyl (C=O) groups excluding carboxylic acids is 1. The van der Waals surface area contributed by atoms with Crippen LogP contribution >= 0.6 is 11.6 Å². The van der Waals surface area contributed by atoms with E-state index in [2.05, 4.69) is 4.98 Å². The van der Waals surface area contributed by atoms with E-state index < -0.39 is 0 Å². The molecule has 2 rings (SSSR count). The molecule has 1 fully saturated rings. The number of carbonyl (C=O) groups is 1. The van der Waals surface area contributed by atoms with Crippen LogP contribution in [0.1, 0.15) is 28.8 Å². The van der Waals surface area contributed by atoms with Crippen LogP contribution in [0.15, 0.2) is 18.5 Å². The second kappa shape index (κ2) is 5.50. The lowest BCUT2D eigenvalue weighted by Crippen LogP contribution is -2.38. The van der Waals surface area contributed by atoms with Crippen LogP contribution in [0.2, 0.25) is 0 Å². The molecule has 1 aliphatic rings. The van der Waals surface area contributed by atoms with Gasteiger partial charge in [-0.15, -0.1) is 11.6 Å². The Morgan fingerprint density at radius 1 is 1.47 bits per heavy atom. The fraction of sp³-hybridized carbons (Fsp3) is 0.538. The summed E-state index contributed by atoms with van der Waals surface area (Å²) in [5, 5.41) is 0. The summed E-state index contributed by atoms with van der Waals surface area (Å²) in [7, 11) is 0. The smallest absolute Gasteiger partial charge is 0.255 e. The van der Waals surface area contributed by atoms with E-state index in [9.17, 15) is 4.79 Å². The minimum absolute atomic E-state index is 0.0919. The van der Waals surface area contributed by atoms with Crippen LogP contribution < -0.4 is 0 Å². The molecule has 0 aliphatic carbocycles. The molecule has 92 valence electrons. The summed E-state index contributed by atoms with van der Waals surface area (Å²) in [6.45, 7) is 3.57. The predicted molar refractivity (Wildman–Crippen MR) is 68.3 cm³/mol. The number of piperidine rings is 1. The molecular weight excluding hydrogens is 236 g/mol. The maximum Gasteiger partial charge on any atom is 0.255 e. The first-order chi connectivity index (χ1) is 8.20. The lowest BCUT2D eigenvalue weighted by atomic mass is 9.98. The molecule has 0 spiro atoms. The van der Waals surface area contributed by atoms with Gasteiger partial charge in [0.05, 0.1) is 5.56 Å². The van der Waals surface area contributed by atoms with Gasteiger partial charge in [0, 0.05) is 31.4 Å². The van der Waals surface area contributed by atoms with Gasteiger partial charge in [-0.05, 0) is 37.3 Å². The van der Waals surface area contributed by atoms with Gasteiger partial charge < -0.3 is 4.90 Å². The van der Waals surface area contributed by atoms with Gasteiger partial charge in [0.15, 0.2) is 0 Å². The van der Waals surface area contributed by atoms with Gasteiger partial charge in [-0.25, -0.2) is 0 Å². The summed E-state index contributed by atoms with van der Waals surface area (Å²) in [4.78, 5) is 18.2. The van der Waals surface area contributed by atoms with Crippen molar-refractivity contribution in [3.8, 4) is 0 Å². The minimum Gasteiger partial charge on any atom is -0.339 e.